The summed E-state index contributed by atoms with van der Waals surface area (Å²) < 4.78 is 0. The summed E-state index contributed by atoms with van der Waals surface area (Å²) in [6.45, 7) is 16.8. The monoisotopic (exact) mass is 168 g/mol. The second-order valence-corrected chi connectivity index (χ2v) is 9.18. The van der Waals surface area contributed by atoms with E-state index in [0.717, 1.165) is 0 Å². The van der Waals surface area contributed by atoms with E-state index in [2.05, 4.69) is 47.0 Å². The molecule has 2 heteroatoms. The van der Waals surface area contributed by atoms with Crippen LogP contribution in [-0.4, -0.2) is 31.1 Å². The quantitative estimate of drug-likeness (QED) is 0.386. The van der Waals surface area contributed by atoms with Crippen molar-refractivity contribution in [2.45, 2.75) is 40.4 Å². The van der Waals surface area contributed by atoms with Gasteiger partial charge in [0.15, 0.2) is 0 Å². The Labute approximate surface area is 84.0 Å². The zero-order valence-corrected chi connectivity index (χ0v) is 10.8. The van der Waals surface area contributed by atoms with Gasteiger partial charge in [-0.2, -0.15) is 20.8 Å². The van der Waals surface area contributed by atoms with Crippen molar-refractivity contribution in [3.8, 4) is 0 Å². The van der Waals surface area contributed by atoms with E-state index < -0.39 is 8.07 Å². The van der Waals surface area contributed by atoms with Gasteiger partial charge in [0.25, 0.3) is 0 Å². The topological polar surface area (TPSA) is 0 Å². The van der Waals surface area contributed by atoms with Crippen LogP contribution in [0.3, 0.4) is 0 Å². The third-order valence-electron chi connectivity index (χ3n) is 0. The zero-order valence-electron chi connectivity index (χ0n) is 8.41. The average molecular weight is 169 g/mol. The molecule has 0 aromatic heterocycles. The second kappa shape index (κ2) is 8.08. The summed E-state index contributed by atoms with van der Waals surface area (Å²) >= 11 is 0. The zero-order chi connectivity index (χ0) is 8.08. The molecule has 0 aliphatic heterocycles. The Kier molecular flexibility index (Phi) is 13.9. The van der Waals surface area contributed by atoms with Gasteiger partial charge in [-0.1, -0.05) is 19.6 Å². The van der Waals surface area contributed by atoms with E-state index in [1.165, 1.54) is 5.92 Å². The van der Waals surface area contributed by atoms with Crippen LogP contribution in [0.4, 0.5) is 0 Å². The molecule has 0 aliphatic carbocycles. The van der Waals surface area contributed by atoms with Gasteiger partial charge in [0, 0.05) is 0 Å². The first-order valence-corrected chi connectivity index (χ1v) is 7.06. The van der Waals surface area contributed by atoms with Crippen LogP contribution in [0.5, 0.6) is 0 Å². The largest absolute Gasteiger partial charge is 2.00 e. The molecule has 0 aromatic rings. The minimum absolute atomic E-state index is 0. The van der Waals surface area contributed by atoms with Gasteiger partial charge in [-0.25, -0.2) is 0 Å². The standard InChI is InChI=1S/C4H11Si.C4H9.Mg/c1-5(2,3)4;1-4(2)3;/h1H2,2-4H3;1-3H3;/q2*-1;+2. The minimum atomic E-state index is -0.861. The Morgan fingerprint density at radius 1 is 1.00 bits per heavy atom. The van der Waals surface area contributed by atoms with Gasteiger partial charge in [0.2, 0.25) is 0 Å². The minimum Gasteiger partial charge on any atom is -0.342 e. The fraction of sp³-hybridized carbons (Fsp3) is 0.750. The number of rotatable bonds is 0. The van der Waals surface area contributed by atoms with Crippen molar-refractivity contribution in [1.29, 1.82) is 0 Å². The fourth-order valence-corrected chi connectivity index (χ4v) is 0. The Morgan fingerprint density at radius 2 is 1.00 bits per heavy atom. The third kappa shape index (κ3) is 592. The van der Waals surface area contributed by atoms with E-state index in [1.807, 2.05) is 0 Å². The summed E-state index contributed by atoms with van der Waals surface area (Å²) in [4.78, 5) is 0. The van der Waals surface area contributed by atoms with Crippen LogP contribution in [0.15, 0.2) is 0 Å². The molecule has 0 atom stereocenters. The van der Waals surface area contributed by atoms with Gasteiger partial charge < -0.3 is 12.5 Å². The molecule has 0 heterocycles. The molecule has 0 unspecified atom stereocenters. The number of hydrogen-bond acceptors (Lipinski definition) is 0. The normalized spacial score (nSPS) is 9.60. The van der Waals surface area contributed by atoms with Crippen molar-refractivity contribution in [3.63, 3.8) is 0 Å². The van der Waals surface area contributed by atoms with Crippen molar-refractivity contribution in [2.75, 3.05) is 0 Å². The van der Waals surface area contributed by atoms with Crippen LogP contribution in [-0.2, 0) is 0 Å². The second-order valence-electron chi connectivity index (χ2n) is 4.06. The van der Waals surface area contributed by atoms with Crippen LogP contribution in [0.1, 0.15) is 20.8 Å². The molecule has 10 heavy (non-hydrogen) atoms. The van der Waals surface area contributed by atoms with Gasteiger partial charge in [-0.3, -0.25) is 0 Å². The molecule has 58 valence electrons. The van der Waals surface area contributed by atoms with Crippen molar-refractivity contribution in [3.05, 3.63) is 12.5 Å². The van der Waals surface area contributed by atoms with Gasteiger partial charge in [-0.15, -0.1) is 8.07 Å². The molecule has 0 saturated carbocycles. The van der Waals surface area contributed by atoms with Gasteiger partial charge >= 0.3 is 23.1 Å². The third-order valence-corrected chi connectivity index (χ3v) is 0. The first kappa shape index (κ1) is 17.2. The van der Waals surface area contributed by atoms with Crippen LogP contribution >= 0.6 is 0 Å². The van der Waals surface area contributed by atoms with E-state index in [1.54, 1.807) is 0 Å². The molecule has 0 N–H and O–H groups in total. The Bertz CT molecular complexity index is 46.0. The first-order valence-electron chi connectivity index (χ1n) is 3.35. The molecule has 0 nitrogen and oxygen atoms in total. The Hall–Kier alpha value is 0.983. The number of hydrogen-bond donors (Lipinski definition) is 0. The van der Waals surface area contributed by atoms with Crippen LogP contribution in [0, 0.1) is 12.5 Å². The maximum atomic E-state index is 3.91. The van der Waals surface area contributed by atoms with E-state index in [4.69, 9.17) is 0 Å². The molecule has 0 aliphatic rings. The molecular formula is C8H20MgSi. The fourth-order valence-electron chi connectivity index (χ4n) is 0. The summed E-state index contributed by atoms with van der Waals surface area (Å²) in [6.07, 6.45) is 0. The first-order chi connectivity index (χ1) is 3.73. The summed E-state index contributed by atoms with van der Waals surface area (Å²) in [7, 11) is -0.861. The van der Waals surface area contributed by atoms with Crippen molar-refractivity contribution in [1.82, 2.24) is 0 Å². The predicted octanol–water partition coefficient (Wildman–Crippen LogP) is 2.94. The summed E-state index contributed by atoms with van der Waals surface area (Å²) in [6, 6.07) is 0. The average Bonchev–Trinajstić information content (AvgIpc) is 1.19. The van der Waals surface area contributed by atoms with E-state index in [9.17, 15) is 0 Å². The van der Waals surface area contributed by atoms with Gasteiger partial charge in [-0.05, 0) is 0 Å². The smallest absolute Gasteiger partial charge is 0.342 e. The summed E-state index contributed by atoms with van der Waals surface area (Å²) in [5.74, 6) is 1.42. The summed E-state index contributed by atoms with van der Waals surface area (Å²) in [5, 5.41) is 0. The van der Waals surface area contributed by atoms with Crippen molar-refractivity contribution < 1.29 is 0 Å². The van der Waals surface area contributed by atoms with Crippen molar-refractivity contribution >= 4 is 31.1 Å². The molecule has 0 radical (unpaired) electrons. The van der Waals surface area contributed by atoms with E-state index in [-0.39, 0.29) is 23.1 Å². The van der Waals surface area contributed by atoms with Crippen molar-refractivity contribution in [2.24, 2.45) is 0 Å². The molecule has 0 fully saturated rings. The SMILES string of the molecule is C[C-](C)C.[CH2-][Si](C)(C)C.[Mg+2]. The molecule has 0 bridgehead atoms. The molecular weight excluding hydrogens is 148 g/mol. The van der Waals surface area contributed by atoms with Crippen LogP contribution < -0.4 is 0 Å². The molecule has 0 rings (SSSR count). The van der Waals surface area contributed by atoms with Crippen LogP contribution in [0.2, 0.25) is 19.6 Å². The van der Waals surface area contributed by atoms with Gasteiger partial charge in [0.1, 0.15) is 0 Å². The van der Waals surface area contributed by atoms with E-state index >= 15 is 0 Å². The maximum Gasteiger partial charge on any atom is 2.00 e. The molecule has 0 spiro atoms. The maximum absolute atomic E-state index is 3.91. The summed E-state index contributed by atoms with van der Waals surface area (Å²) in [5.41, 5.74) is 0. The van der Waals surface area contributed by atoms with Crippen LogP contribution in [0.25, 0.3) is 0 Å². The predicted molar refractivity (Wildman–Crippen MR) is 54.7 cm³/mol. The van der Waals surface area contributed by atoms with Gasteiger partial charge in [0.05, 0.1) is 0 Å². The Balaban J connectivity index is -0.0000000910. The molecule has 0 saturated heterocycles. The van der Waals surface area contributed by atoms with E-state index in [0.29, 0.717) is 0 Å². The molecule has 0 aromatic carbocycles. The molecule has 0 amide bonds. The Morgan fingerprint density at radius 3 is 1.00 bits per heavy atom.